The molecule has 1 fully saturated rings. The van der Waals surface area contributed by atoms with E-state index in [1.807, 2.05) is 29.2 Å². The van der Waals surface area contributed by atoms with Crippen molar-refractivity contribution < 1.29 is 23.8 Å². The minimum absolute atomic E-state index is 0.183. The van der Waals surface area contributed by atoms with Crippen molar-refractivity contribution >= 4 is 28.6 Å². The van der Waals surface area contributed by atoms with Gasteiger partial charge in [-0.3, -0.25) is 4.79 Å². The van der Waals surface area contributed by atoms with Crippen LogP contribution >= 0.6 is 0 Å². The molecule has 0 radical (unpaired) electrons. The van der Waals surface area contributed by atoms with Crippen molar-refractivity contribution in [3.8, 4) is 0 Å². The number of aliphatic carboxylic acids is 1. The number of ether oxygens (including phenoxy) is 1. The molecule has 0 saturated heterocycles. The maximum atomic E-state index is 13.5. The molecule has 43 heavy (non-hydrogen) atoms. The zero-order chi connectivity index (χ0) is 30.2. The number of aromatic nitrogens is 3. The van der Waals surface area contributed by atoms with Gasteiger partial charge in [-0.15, -0.1) is 0 Å². The Bertz CT molecular complexity index is 1410. The molecule has 3 N–H and O–H groups in total. The highest BCUT2D eigenvalue weighted by atomic mass is 19.1. The summed E-state index contributed by atoms with van der Waals surface area (Å²) in [5.41, 5.74) is 2.83. The molecule has 0 bridgehead atoms. The fraction of sp³-hybridized carbons (Fsp3) is 0.531. The van der Waals surface area contributed by atoms with Gasteiger partial charge in [-0.2, -0.15) is 0 Å². The first kappa shape index (κ1) is 30.7. The number of nitrogens with zero attached hydrogens (tertiary/aromatic N) is 4. The third-order valence-electron chi connectivity index (χ3n) is 8.59. The van der Waals surface area contributed by atoms with Crippen LogP contribution in [-0.4, -0.2) is 88.9 Å². The first-order valence-corrected chi connectivity index (χ1v) is 15.2. The largest absolute Gasteiger partial charge is 0.480 e. The van der Waals surface area contributed by atoms with Gasteiger partial charge in [0.1, 0.15) is 24.9 Å². The number of carboxylic acid groups (broad SMARTS) is 1. The zero-order valence-electron chi connectivity index (χ0n) is 24.7. The molecule has 5 rings (SSSR count). The summed E-state index contributed by atoms with van der Waals surface area (Å²) in [6, 6.07) is 10.7. The summed E-state index contributed by atoms with van der Waals surface area (Å²) in [4.78, 5) is 41.3. The number of aryl methyl sites for hydroxylation is 2. The van der Waals surface area contributed by atoms with E-state index in [0.717, 1.165) is 61.1 Å². The van der Waals surface area contributed by atoms with Crippen LogP contribution in [0.4, 0.5) is 10.2 Å². The number of methoxy groups -OCH3 is 1. The average molecular weight is 593 g/mol. The van der Waals surface area contributed by atoms with E-state index < -0.39 is 30.2 Å². The van der Waals surface area contributed by atoms with Crippen molar-refractivity contribution in [2.75, 3.05) is 45.3 Å². The van der Waals surface area contributed by atoms with Crippen LogP contribution in [0.15, 0.2) is 42.7 Å². The number of amides is 1. The maximum Gasteiger partial charge on any atom is 0.326 e. The second-order valence-electron chi connectivity index (χ2n) is 11.6. The fourth-order valence-electron chi connectivity index (χ4n) is 5.87. The van der Waals surface area contributed by atoms with Gasteiger partial charge in [0.25, 0.3) is 0 Å². The van der Waals surface area contributed by atoms with E-state index in [2.05, 4.69) is 32.7 Å². The number of anilines is 1. The monoisotopic (exact) mass is 592 g/mol. The van der Waals surface area contributed by atoms with Crippen molar-refractivity contribution in [1.29, 1.82) is 0 Å². The number of para-hydroxylation sites is 1. The maximum absolute atomic E-state index is 13.5. The van der Waals surface area contributed by atoms with Crippen LogP contribution in [0.25, 0.3) is 10.9 Å². The van der Waals surface area contributed by atoms with Crippen LogP contribution in [0.5, 0.6) is 0 Å². The summed E-state index contributed by atoms with van der Waals surface area (Å²) in [6.45, 7) is 1.68. The van der Waals surface area contributed by atoms with E-state index in [4.69, 9.17) is 9.72 Å². The summed E-state index contributed by atoms with van der Waals surface area (Å²) >= 11 is 0. The Labute approximate surface area is 251 Å². The van der Waals surface area contributed by atoms with E-state index in [9.17, 15) is 19.1 Å². The van der Waals surface area contributed by atoms with Crippen LogP contribution in [0.3, 0.4) is 0 Å². The SMILES string of the molecule is CO[C@H](CF)CN(CCCCc1ccc2c(n1)NCCC2)CC[C@H](NC(=O)C1(c2ncnc3ccccc23)CC1)C(=O)O. The number of benzene rings is 1. The van der Waals surface area contributed by atoms with Crippen LogP contribution in [0.2, 0.25) is 0 Å². The van der Waals surface area contributed by atoms with Crippen molar-refractivity contribution in [3.05, 3.63) is 59.7 Å². The van der Waals surface area contributed by atoms with Crippen molar-refractivity contribution in [1.82, 2.24) is 25.2 Å². The number of alkyl halides is 1. The lowest BCUT2D eigenvalue weighted by atomic mass is 9.96. The number of nitrogens with one attached hydrogen (secondary N) is 2. The van der Waals surface area contributed by atoms with Gasteiger partial charge in [0.05, 0.1) is 22.7 Å². The number of carboxylic acids is 1. The number of unbranched alkanes of at least 4 members (excludes halogenated alkanes) is 1. The normalized spacial score (nSPS) is 16.7. The summed E-state index contributed by atoms with van der Waals surface area (Å²) < 4.78 is 18.8. The molecule has 3 heterocycles. The number of carbonyl (C=O) groups excluding carboxylic acids is 1. The summed E-state index contributed by atoms with van der Waals surface area (Å²) in [5, 5.41) is 17.0. The third-order valence-corrected chi connectivity index (χ3v) is 8.59. The molecular formula is C32H41FN6O4. The molecule has 10 nitrogen and oxygen atoms in total. The van der Waals surface area contributed by atoms with Gasteiger partial charge in [0.2, 0.25) is 5.91 Å². The van der Waals surface area contributed by atoms with E-state index >= 15 is 0 Å². The molecule has 1 aromatic carbocycles. The van der Waals surface area contributed by atoms with Crippen molar-refractivity contribution in [3.63, 3.8) is 0 Å². The summed E-state index contributed by atoms with van der Waals surface area (Å²) in [7, 11) is 1.48. The number of rotatable bonds is 16. The third kappa shape index (κ3) is 7.45. The molecule has 1 aliphatic heterocycles. The Balaban J connectivity index is 1.18. The fourth-order valence-corrected chi connectivity index (χ4v) is 5.87. The van der Waals surface area contributed by atoms with Gasteiger partial charge in [-0.05, 0) is 75.6 Å². The second-order valence-corrected chi connectivity index (χ2v) is 11.6. The number of hydrogen-bond donors (Lipinski definition) is 3. The van der Waals surface area contributed by atoms with Crippen LogP contribution in [0.1, 0.15) is 55.5 Å². The molecule has 230 valence electrons. The second kappa shape index (κ2) is 14.2. The standard InChI is InChI=1S/C32H41FN6O4/c1-43-24(19-33)20-39(17-5-4-8-23-12-11-22-7-6-16-34-29(22)37-23)18-13-27(30(40)41)38-31(42)32(14-15-32)28-25-9-2-3-10-26(25)35-21-36-28/h2-3,9-12,21,24,27H,4-8,13-20H2,1H3,(H,34,37)(H,38,42)(H,40,41)/t24-,27+/m1/s1. The van der Waals surface area contributed by atoms with Crippen LogP contribution in [-0.2, 0) is 32.6 Å². The van der Waals surface area contributed by atoms with Gasteiger partial charge in [-0.1, -0.05) is 24.3 Å². The Hall–Kier alpha value is -3.70. The molecule has 1 aliphatic carbocycles. The molecule has 0 spiro atoms. The molecule has 3 aromatic rings. The van der Waals surface area contributed by atoms with Gasteiger partial charge in [-0.25, -0.2) is 24.1 Å². The van der Waals surface area contributed by atoms with Gasteiger partial charge in [0, 0.05) is 37.8 Å². The highest BCUT2D eigenvalue weighted by molar-refractivity contribution is 5.97. The molecule has 1 saturated carbocycles. The number of carbonyl (C=O) groups is 2. The van der Waals surface area contributed by atoms with Gasteiger partial charge < -0.3 is 25.4 Å². The molecule has 11 heteroatoms. The Kier molecular flexibility index (Phi) is 10.1. The van der Waals surface area contributed by atoms with Crippen LogP contribution in [0, 0.1) is 0 Å². The predicted molar refractivity (Wildman–Crippen MR) is 162 cm³/mol. The van der Waals surface area contributed by atoms with E-state index in [1.54, 1.807) is 0 Å². The topological polar surface area (TPSA) is 130 Å². The lowest BCUT2D eigenvalue weighted by Crippen LogP contribution is -2.48. The number of hydrogen-bond acceptors (Lipinski definition) is 8. The summed E-state index contributed by atoms with van der Waals surface area (Å²) in [5.74, 6) is -0.447. The minimum Gasteiger partial charge on any atom is -0.480 e. The number of halogens is 1. The minimum atomic E-state index is -1.10. The Morgan fingerprint density at radius 2 is 2.00 bits per heavy atom. The Morgan fingerprint density at radius 1 is 1.16 bits per heavy atom. The average Bonchev–Trinajstić information content (AvgIpc) is 3.85. The smallest absolute Gasteiger partial charge is 0.326 e. The molecule has 0 unspecified atom stereocenters. The lowest BCUT2D eigenvalue weighted by molar-refractivity contribution is -0.142. The molecular weight excluding hydrogens is 551 g/mol. The predicted octanol–water partition coefficient (Wildman–Crippen LogP) is 3.68. The first-order chi connectivity index (χ1) is 20.9. The van der Waals surface area contributed by atoms with E-state index in [0.29, 0.717) is 38.2 Å². The lowest BCUT2D eigenvalue weighted by Gasteiger charge is -2.27. The first-order valence-electron chi connectivity index (χ1n) is 15.2. The number of pyridine rings is 1. The zero-order valence-corrected chi connectivity index (χ0v) is 24.7. The molecule has 1 amide bonds. The quantitative estimate of drug-likeness (QED) is 0.213. The highest BCUT2D eigenvalue weighted by Crippen LogP contribution is 2.49. The van der Waals surface area contributed by atoms with Gasteiger partial charge in [0.15, 0.2) is 0 Å². The van der Waals surface area contributed by atoms with E-state index in [1.165, 1.54) is 19.0 Å². The van der Waals surface area contributed by atoms with E-state index in [-0.39, 0.29) is 12.3 Å². The molecule has 2 aliphatic rings. The summed E-state index contributed by atoms with van der Waals surface area (Å²) in [6.07, 6.45) is 6.95. The molecule has 2 aromatic heterocycles. The highest BCUT2D eigenvalue weighted by Gasteiger charge is 2.54. The van der Waals surface area contributed by atoms with Gasteiger partial charge >= 0.3 is 5.97 Å². The molecule has 2 atom stereocenters. The van der Waals surface area contributed by atoms with Crippen molar-refractivity contribution in [2.24, 2.45) is 0 Å². The Morgan fingerprint density at radius 3 is 2.77 bits per heavy atom. The number of fused-ring (bicyclic) bond motifs is 2. The van der Waals surface area contributed by atoms with Crippen molar-refractivity contribution in [2.45, 2.75) is 68.9 Å². The van der Waals surface area contributed by atoms with Crippen LogP contribution < -0.4 is 10.6 Å².